The largest absolute Gasteiger partial charge is 0.103 e. The maximum atomic E-state index is 3.96. The van der Waals surface area contributed by atoms with Gasteiger partial charge in [0.1, 0.15) is 0 Å². The molecule has 0 heteroatoms. The van der Waals surface area contributed by atoms with Gasteiger partial charge in [0.05, 0.1) is 5.41 Å². The molecule has 0 saturated heterocycles. The Hall–Kier alpha value is -3.64. The Morgan fingerprint density at radius 2 is 1.44 bits per heavy atom. The third-order valence-corrected chi connectivity index (χ3v) is 7.39. The third-order valence-electron chi connectivity index (χ3n) is 7.39. The van der Waals surface area contributed by atoms with Crippen molar-refractivity contribution < 1.29 is 0 Å². The maximum Gasteiger partial charge on any atom is 0.0713 e. The number of fused-ring (bicyclic) bond motifs is 3. The second kappa shape index (κ2) is 8.95. The van der Waals surface area contributed by atoms with Gasteiger partial charge in [0.25, 0.3) is 0 Å². The standard InChI is InChI=1S/C34H32/c1-5-7-9-12-27-23-31-30-20-15-24(3)21-32(30)34(33(31)22-25(27)4,28-13-10-8-11-14-28)29-18-16-26(6-2)17-19-29/h5-6,8,10-11,13-23H,1-2,7,9,12H2,3-4H3. The Kier molecular flexibility index (Phi) is 5.84. The molecule has 0 aromatic heterocycles. The van der Waals surface area contributed by atoms with Crippen molar-refractivity contribution in [3.05, 3.63) is 149 Å². The van der Waals surface area contributed by atoms with E-state index in [2.05, 4.69) is 112 Å². The van der Waals surface area contributed by atoms with E-state index in [4.69, 9.17) is 0 Å². The highest BCUT2D eigenvalue weighted by molar-refractivity contribution is 5.87. The molecule has 0 nitrogen and oxygen atoms in total. The van der Waals surface area contributed by atoms with Gasteiger partial charge in [-0.1, -0.05) is 109 Å². The first-order valence-corrected chi connectivity index (χ1v) is 12.2. The lowest BCUT2D eigenvalue weighted by molar-refractivity contribution is 0.764. The van der Waals surface area contributed by atoms with Crippen molar-refractivity contribution in [3.63, 3.8) is 0 Å². The maximum absolute atomic E-state index is 3.96. The summed E-state index contributed by atoms with van der Waals surface area (Å²) in [4.78, 5) is 0. The lowest BCUT2D eigenvalue weighted by atomic mass is 9.67. The first-order chi connectivity index (χ1) is 16.6. The average Bonchev–Trinajstić information content (AvgIpc) is 3.14. The fourth-order valence-electron chi connectivity index (χ4n) is 5.69. The van der Waals surface area contributed by atoms with Gasteiger partial charge in [-0.3, -0.25) is 0 Å². The molecule has 0 spiro atoms. The molecular weight excluding hydrogens is 408 g/mol. The van der Waals surface area contributed by atoms with E-state index in [1.807, 2.05) is 12.2 Å². The first-order valence-electron chi connectivity index (χ1n) is 12.2. The van der Waals surface area contributed by atoms with E-state index in [-0.39, 0.29) is 5.41 Å². The second-order valence-electron chi connectivity index (χ2n) is 9.50. The summed E-state index contributed by atoms with van der Waals surface area (Å²) in [5, 5.41) is 0. The summed E-state index contributed by atoms with van der Waals surface area (Å²) < 4.78 is 0. The summed E-state index contributed by atoms with van der Waals surface area (Å²) >= 11 is 0. The van der Waals surface area contributed by atoms with Gasteiger partial charge in [0.2, 0.25) is 0 Å². The minimum Gasteiger partial charge on any atom is -0.103 e. The van der Waals surface area contributed by atoms with Crippen LogP contribution in [-0.2, 0) is 11.8 Å². The number of unbranched alkanes of at least 4 members (excludes halogenated alkanes) is 1. The average molecular weight is 441 g/mol. The van der Waals surface area contributed by atoms with E-state index >= 15 is 0 Å². The van der Waals surface area contributed by atoms with E-state index < -0.39 is 0 Å². The molecule has 168 valence electrons. The molecule has 0 amide bonds. The molecule has 4 aromatic carbocycles. The van der Waals surface area contributed by atoms with Crippen LogP contribution in [0.1, 0.15) is 57.3 Å². The minimum absolute atomic E-state index is 0.345. The summed E-state index contributed by atoms with van der Waals surface area (Å²) in [5.74, 6) is 0. The molecule has 1 unspecified atom stereocenters. The van der Waals surface area contributed by atoms with Crippen LogP contribution < -0.4 is 0 Å². The molecule has 1 aliphatic rings. The lowest BCUT2D eigenvalue weighted by Crippen LogP contribution is -2.28. The summed E-state index contributed by atoms with van der Waals surface area (Å²) in [6.07, 6.45) is 7.21. The van der Waals surface area contributed by atoms with Gasteiger partial charge in [-0.15, -0.1) is 6.58 Å². The van der Waals surface area contributed by atoms with Gasteiger partial charge < -0.3 is 0 Å². The van der Waals surface area contributed by atoms with Crippen molar-refractivity contribution in [3.8, 4) is 11.1 Å². The summed E-state index contributed by atoms with van der Waals surface area (Å²) in [7, 11) is 0. The summed E-state index contributed by atoms with van der Waals surface area (Å²) in [5.41, 5.74) is 13.0. The Balaban J connectivity index is 1.85. The van der Waals surface area contributed by atoms with Crippen LogP contribution in [0.3, 0.4) is 0 Å². The van der Waals surface area contributed by atoms with Crippen LogP contribution in [0.2, 0.25) is 0 Å². The highest BCUT2D eigenvalue weighted by Gasteiger charge is 2.46. The summed E-state index contributed by atoms with van der Waals surface area (Å²) in [6.45, 7) is 12.3. The quantitative estimate of drug-likeness (QED) is 0.175. The van der Waals surface area contributed by atoms with Crippen molar-refractivity contribution in [2.45, 2.75) is 38.5 Å². The smallest absolute Gasteiger partial charge is 0.0713 e. The zero-order valence-electron chi connectivity index (χ0n) is 20.3. The van der Waals surface area contributed by atoms with E-state index in [1.165, 1.54) is 50.1 Å². The fourth-order valence-corrected chi connectivity index (χ4v) is 5.69. The van der Waals surface area contributed by atoms with Crippen LogP contribution >= 0.6 is 0 Å². The summed E-state index contributed by atoms with van der Waals surface area (Å²) in [6, 6.07) is 31.9. The third kappa shape index (κ3) is 3.46. The highest BCUT2D eigenvalue weighted by Crippen LogP contribution is 2.56. The molecule has 1 atom stereocenters. The number of hydrogen-bond donors (Lipinski definition) is 0. The number of benzene rings is 4. The van der Waals surface area contributed by atoms with Gasteiger partial charge in [-0.2, -0.15) is 0 Å². The zero-order chi connectivity index (χ0) is 23.7. The monoisotopic (exact) mass is 440 g/mol. The Labute approximate surface area is 204 Å². The van der Waals surface area contributed by atoms with Crippen LogP contribution in [0, 0.1) is 13.8 Å². The minimum atomic E-state index is -0.345. The van der Waals surface area contributed by atoms with Crippen molar-refractivity contribution >= 4 is 6.08 Å². The number of rotatable bonds is 7. The number of aryl methyl sites for hydroxylation is 3. The highest BCUT2D eigenvalue weighted by atomic mass is 14.5. The van der Waals surface area contributed by atoms with E-state index in [0.29, 0.717) is 0 Å². The number of allylic oxidation sites excluding steroid dienone is 1. The van der Waals surface area contributed by atoms with Gasteiger partial charge >= 0.3 is 0 Å². The molecule has 4 aromatic rings. The van der Waals surface area contributed by atoms with Gasteiger partial charge in [0.15, 0.2) is 0 Å². The Morgan fingerprint density at radius 1 is 0.735 bits per heavy atom. The normalized spacial score (nSPS) is 16.1. The molecule has 0 aliphatic heterocycles. The van der Waals surface area contributed by atoms with Crippen LogP contribution in [0.15, 0.2) is 104 Å². The molecule has 0 saturated carbocycles. The van der Waals surface area contributed by atoms with E-state index in [1.54, 1.807) is 0 Å². The van der Waals surface area contributed by atoms with Crippen LogP contribution in [0.4, 0.5) is 0 Å². The van der Waals surface area contributed by atoms with Crippen LogP contribution in [0.25, 0.3) is 17.2 Å². The molecule has 34 heavy (non-hydrogen) atoms. The SMILES string of the molecule is C=CCCCc1cc2c(cc1C)C(c1ccccc1)(c1ccc(C=C)cc1)c1cc(C)ccc1-2. The lowest BCUT2D eigenvalue weighted by Gasteiger charge is -2.34. The van der Waals surface area contributed by atoms with Crippen LogP contribution in [-0.4, -0.2) is 0 Å². The van der Waals surface area contributed by atoms with Gasteiger partial charge in [0, 0.05) is 0 Å². The molecule has 1 aliphatic carbocycles. The fraction of sp³-hybridized carbons (Fsp3) is 0.176. The van der Waals surface area contributed by atoms with Crippen LogP contribution in [0.5, 0.6) is 0 Å². The Morgan fingerprint density at radius 3 is 2.15 bits per heavy atom. The second-order valence-corrected chi connectivity index (χ2v) is 9.50. The molecule has 0 N–H and O–H groups in total. The van der Waals surface area contributed by atoms with Gasteiger partial charge in [-0.05, 0) is 83.2 Å². The molecule has 5 rings (SSSR count). The molecule has 0 heterocycles. The predicted octanol–water partition coefficient (Wildman–Crippen LogP) is 8.82. The predicted molar refractivity (Wildman–Crippen MR) is 146 cm³/mol. The van der Waals surface area contributed by atoms with Crippen molar-refractivity contribution in [1.29, 1.82) is 0 Å². The first kappa shape index (κ1) is 22.2. The Bertz CT molecular complexity index is 1360. The van der Waals surface area contributed by atoms with E-state index in [9.17, 15) is 0 Å². The molecular formula is C34H32. The topological polar surface area (TPSA) is 0 Å². The molecule has 0 bridgehead atoms. The van der Waals surface area contributed by atoms with Gasteiger partial charge in [-0.25, -0.2) is 0 Å². The van der Waals surface area contributed by atoms with Crippen molar-refractivity contribution in [2.24, 2.45) is 0 Å². The zero-order valence-corrected chi connectivity index (χ0v) is 20.3. The molecule has 0 radical (unpaired) electrons. The number of hydrogen-bond acceptors (Lipinski definition) is 0. The van der Waals surface area contributed by atoms with E-state index in [0.717, 1.165) is 24.8 Å². The molecule has 0 fully saturated rings. The van der Waals surface area contributed by atoms with Crippen molar-refractivity contribution in [1.82, 2.24) is 0 Å². The van der Waals surface area contributed by atoms with Crippen molar-refractivity contribution in [2.75, 3.05) is 0 Å².